The molecule has 3 aromatic rings. The van der Waals surface area contributed by atoms with E-state index < -0.39 is 16.8 Å². The Labute approximate surface area is 184 Å². The lowest BCUT2D eigenvalue weighted by molar-refractivity contribution is -0.383. The lowest BCUT2D eigenvalue weighted by Crippen LogP contribution is -2.15. The number of carbonyl (C=O) groups is 2. The number of thiophene rings is 2. The maximum Gasteiger partial charge on any atom is 0.341 e. The monoisotopic (exact) mass is 464 g/mol. The van der Waals surface area contributed by atoms with Gasteiger partial charge in [0, 0.05) is 15.6 Å². The third kappa shape index (κ3) is 3.57. The largest absolute Gasteiger partial charge is 0.462 e. The minimum atomic E-state index is -0.519. The molecule has 0 aliphatic heterocycles. The van der Waals surface area contributed by atoms with Crippen LogP contribution in [-0.4, -0.2) is 23.4 Å². The molecule has 0 saturated carbocycles. The first-order valence-corrected chi connectivity index (χ1v) is 11.4. The molecule has 4 rings (SSSR count). The van der Waals surface area contributed by atoms with Gasteiger partial charge in [-0.1, -0.05) is 17.7 Å². The number of aryl methyl sites for hydroxylation is 1. The first-order valence-electron chi connectivity index (χ1n) is 9.40. The number of esters is 1. The van der Waals surface area contributed by atoms with E-state index in [9.17, 15) is 19.7 Å². The van der Waals surface area contributed by atoms with E-state index in [-0.39, 0.29) is 27.6 Å². The van der Waals surface area contributed by atoms with Crippen LogP contribution < -0.4 is 5.32 Å². The summed E-state index contributed by atoms with van der Waals surface area (Å²) in [5.41, 5.74) is 1.21. The summed E-state index contributed by atoms with van der Waals surface area (Å²) in [6.07, 6.45) is 3.65. The van der Waals surface area contributed by atoms with Gasteiger partial charge in [0.15, 0.2) is 0 Å². The van der Waals surface area contributed by atoms with Gasteiger partial charge in [-0.15, -0.1) is 22.7 Å². The number of fused-ring (bicyclic) bond motifs is 2. The Hall–Kier alpha value is -2.49. The Morgan fingerprint density at radius 1 is 1.27 bits per heavy atom. The highest BCUT2D eigenvalue weighted by atomic mass is 35.5. The summed E-state index contributed by atoms with van der Waals surface area (Å²) >= 11 is 8.84. The number of rotatable bonds is 5. The van der Waals surface area contributed by atoms with Gasteiger partial charge in [0.25, 0.3) is 11.6 Å². The first-order chi connectivity index (χ1) is 14.4. The number of nitrogens with zero attached hydrogens (tertiary/aromatic N) is 1. The van der Waals surface area contributed by atoms with Crippen molar-refractivity contribution >= 4 is 66.9 Å². The van der Waals surface area contributed by atoms with Gasteiger partial charge in [0.05, 0.1) is 27.5 Å². The molecule has 10 heteroatoms. The molecule has 0 spiro atoms. The van der Waals surface area contributed by atoms with Crippen molar-refractivity contribution in [3.63, 3.8) is 0 Å². The Kier molecular flexibility index (Phi) is 5.77. The van der Waals surface area contributed by atoms with Crippen LogP contribution in [0, 0.1) is 10.1 Å². The second kappa shape index (κ2) is 8.33. The maximum atomic E-state index is 13.0. The number of non-ortho nitro benzene ring substituents is 1. The van der Waals surface area contributed by atoms with Crippen molar-refractivity contribution in [2.45, 2.75) is 32.6 Å². The van der Waals surface area contributed by atoms with Crippen molar-refractivity contribution in [2.24, 2.45) is 0 Å². The Balaban J connectivity index is 1.74. The number of ether oxygens (including phenoxy) is 1. The smallest absolute Gasteiger partial charge is 0.341 e. The molecule has 1 aliphatic rings. The number of amides is 1. The quantitative estimate of drug-likeness (QED) is 0.291. The Bertz CT molecular complexity index is 1180. The fraction of sp³-hybridized carbons (Fsp3) is 0.300. The summed E-state index contributed by atoms with van der Waals surface area (Å²) in [4.78, 5) is 37.7. The molecule has 0 unspecified atom stereocenters. The van der Waals surface area contributed by atoms with Gasteiger partial charge in [0.2, 0.25) is 0 Å². The number of hydrogen-bond acceptors (Lipinski definition) is 7. The molecule has 1 aliphatic carbocycles. The van der Waals surface area contributed by atoms with Crippen LogP contribution in [0.2, 0.25) is 5.02 Å². The molecule has 0 fully saturated rings. The van der Waals surface area contributed by atoms with E-state index in [1.807, 2.05) is 0 Å². The van der Waals surface area contributed by atoms with Crippen LogP contribution in [0.4, 0.5) is 10.7 Å². The highest BCUT2D eigenvalue weighted by Gasteiger charge is 2.29. The van der Waals surface area contributed by atoms with Gasteiger partial charge >= 0.3 is 5.97 Å². The summed E-state index contributed by atoms with van der Waals surface area (Å²) in [6.45, 7) is 1.97. The number of nitrogens with one attached hydrogen (secondary N) is 1. The number of nitro groups is 1. The van der Waals surface area contributed by atoms with Crippen LogP contribution in [0.1, 0.15) is 50.2 Å². The molecule has 0 radical (unpaired) electrons. The zero-order valence-corrected chi connectivity index (χ0v) is 18.3. The topological polar surface area (TPSA) is 98.5 Å². The molecule has 1 aromatic carbocycles. The number of hydrogen-bond donors (Lipinski definition) is 1. The van der Waals surface area contributed by atoms with Crippen LogP contribution in [-0.2, 0) is 17.6 Å². The molecule has 2 aromatic heterocycles. The number of anilines is 1. The predicted octanol–water partition coefficient (Wildman–Crippen LogP) is 5.83. The van der Waals surface area contributed by atoms with Crippen LogP contribution in [0.5, 0.6) is 0 Å². The van der Waals surface area contributed by atoms with Crippen molar-refractivity contribution in [3.8, 4) is 0 Å². The normalized spacial score (nSPS) is 13.1. The summed E-state index contributed by atoms with van der Waals surface area (Å²) in [5, 5.41) is 14.9. The molecule has 0 bridgehead atoms. The standard InChI is InChI=1S/C20H17ClN2O5S2/c1-2-28-20(25)14-10-6-3-4-8-12(10)30-19(14)22-18(24)17-16(21)15-11(23(26)27)7-5-9-13(15)29-17/h5,7,9H,2-4,6,8H2,1H3,(H,22,24). The minimum absolute atomic E-state index is 0.0406. The van der Waals surface area contributed by atoms with Gasteiger partial charge in [-0.3, -0.25) is 14.9 Å². The van der Waals surface area contributed by atoms with Crippen LogP contribution in [0.25, 0.3) is 10.1 Å². The average molecular weight is 465 g/mol. The van der Waals surface area contributed by atoms with Crippen LogP contribution >= 0.6 is 34.3 Å². The molecule has 2 heterocycles. The van der Waals surface area contributed by atoms with Gasteiger partial charge < -0.3 is 10.1 Å². The fourth-order valence-corrected chi connectivity index (χ4v) is 6.36. The lowest BCUT2D eigenvalue weighted by atomic mass is 9.95. The van der Waals surface area contributed by atoms with E-state index in [0.29, 0.717) is 15.3 Å². The summed E-state index contributed by atoms with van der Waals surface area (Å²) in [7, 11) is 0. The summed E-state index contributed by atoms with van der Waals surface area (Å²) in [6, 6.07) is 4.60. The second-order valence-electron chi connectivity index (χ2n) is 6.74. The molecule has 156 valence electrons. The molecule has 1 amide bonds. The van der Waals surface area contributed by atoms with Crippen molar-refractivity contribution in [2.75, 3.05) is 11.9 Å². The van der Waals surface area contributed by atoms with E-state index in [1.54, 1.807) is 19.1 Å². The van der Waals surface area contributed by atoms with Crippen molar-refractivity contribution in [3.05, 3.63) is 54.2 Å². The summed E-state index contributed by atoms with van der Waals surface area (Å²) in [5.74, 6) is -0.954. The SMILES string of the molecule is CCOC(=O)c1c(NC(=O)c2sc3cccc([N+](=O)[O-])c3c2Cl)sc2c1CCCC2. The molecular formula is C20H17ClN2O5S2. The van der Waals surface area contributed by atoms with Gasteiger partial charge in [-0.05, 0) is 44.2 Å². The molecule has 30 heavy (non-hydrogen) atoms. The van der Waals surface area contributed by atoms with E-state index in [0.717, 1.165) is 47.5 Å². The zero-order chi connectivity index (χ0) is 21.4. The number of carbonyl (C=O) groups excluding carboxylic acids is 2. The Morgan fingerprint density at radius 3 is 2.77 bits per heavy atom. The highest BCUT2D eigenvalue weighted by Crippen LogP contribution is 2.42. The van der Waals surface area contributed by atoms with Crippen molar-refractivity contribution in [1.29, 1.82) is 0 Å². The van der Waals surface area contributed by atoms with Crippen molar-refractivity contribution < 1.29 is 19.2 Å². The second-order valence-corrected chi connectivity index (χ2v) is 9.28. The number of halogens is 1. The van der Waals surface area contributed by atoms with Crippen molar-refractivity contribution in [1.82, 2.24) is 0 Å². The van der Waals surface area contributed by atoms with E-state index in [4.69, 9.17) is 16.3 Å². The van der Waals surface area contributed by atoms with Crippen LogP contribution in [0.3, 0.4) is 0 Å². The minimum Gasteiger partial charge on any atom is -0.462 e. The lowest BCUT2D eigenvalue weighted by Gasteiger charge is -2.12. The average Bonchev–Trinajstić information content (AvgIpc) is 3.25. The van der Waals surface area contributed by atoms with Crippen LogP contribution in [0.15, 0.2) is 18.2 Å². The molecule has 0 saturated heterocycles. The van der Waals surface area contributed by atoms with Gasteiger partial charge in [0.1, 0.15) is 9.88 Å². The van der Waals surface area contributed by atoms with Gasteiger partial charge in [-0.2, -0.15) is 0 Å². The fourth-order valence-electron chi connectivity index (χ4n) is 3.62. The van der Waals surface area contributed by atoms with Gasteiger partial charge in [-0.25, -0.2) is 4.79 Å². The molecular weight excluding hydrogens is 448 g/mol. The zero-order valence-electron chi connectivity index (χ0n) is 16.0. The third-order valence-corrected chi connectivity index (χ3v) is 7.77. The van der Waals surface area contributed by atoms with E-state index in [2.05, 4.69) is 5.32 Å². The highest BCUT2D eigenvalue weighted by molar-refractivity contribution is 7.22. The third-order valence-electron chi connectivity index (χ3n) is 4.92. The molecule has 1 N–H and O–H groups in total. The molecule has 0 atom stereocenters. The number of benzene rings is 1. The molecule has 7 nitrogen and oxygen atoms in total. The Morgan fingerprint density at radius 2 is 2.03 bits per heavy atom. The summed E-state index contributed by atoms with van der Waals surface area (Å²) < 4.78 is 5.76. The first kappa shape index (κ1) is 20.8. The predicted molar refractivity (Wildman–Crippen MR) is 118 cm³/mol. The van der Waals surface area contributed by atoms with E-state index >= 15 is 0 Å². The number of nitro benzene ring substituents is 1. The van der Waals surface area contributed by atoms with E-state index in [1.165, 1.54) is 17.4 Å². The maximum absolute atomic E-state index is 13.0.